The average Bonchev–Trinajstić information content (AvgIpc) is 2.38. The summed E-state index contributed by atoms with van der Waals surface area (Å²) in [5, 5.41) is 0. The van der Waals surface area contributed by atoms with Gasteiger partial charge in [-0.3, -0.25) is 4.98 Å². The van der Waals surface area contributed by atoms with Crippen LogP contribution in [-0.4, -0.2) is 19.1 Å². The molecule has 2 aromatic rings. The molecule has 0 saturated heterocycles. The number of hydrogen-bond donors (Lipinski definition) is 0. The molecule has 2 rings (SSSR count). The maximum atomic E-state index is 4.03. The van der Waals surface area contributed by atoms with Crippen molar-refractivity contribution in [2.45, 2.75) is 12.8 Å². The minimum Gasteiger partial charge on any atom is -0.378 e. The van der Waals surface area contributed by atoms with Crippen LogP contribution in [0.25, 0.3) is 0 Å². The number of nitrogens with zero attached hydrogens (tertiary/aromatic N) is 2. The van der Waals surface area contributed by atoms with Gasteiger partial charge in [-0.25, -0.2) is 0 Å². The molecule has 0 aliphatic carbocycles. The van der Waals surface area contributed by atoms with E-state index in [2.05, 4.69) is 60.4 Å². The molecule has 0 radical (unpaired) electrons. The summed E-state index contributed by atoms with van der Waals surface area (Å²) in [6.07, 6.45) is 5.86. The molecule has 2 heteroatoms. The van der Waals surface area contributed by atoms with Crippen LogP contribution in [0, 0.1) is 0 Å². The van der Waals surface area contributed by atoms with Crippen LogP contribution in [0.4, 0.5) is 5.69 Å². The molecular weight excluding hydrogens is 208 g/mol. The second kappa shape index (κ2) is 5.48. The lowest BCUT2D eigenvalue weighted by Crippen LogP contribution is -2.08. The van der Waals surface area contributed by atoms with Gasteiger partial charge in [0.2, 0.25) is 0 Å². The summed E-state index contributed by atoms with van der Waals surface area (Å²) in [5.74, 6) is 0. The Morgan fingerprint density at radius 3 is 1.88 bits per heavy atom. The summed E-state index contributed by atoms with van der Waals surface area (Å²) in [4.78, 5) is 6.14. The third-order valence-electron chi connectivity index (χ3n) is 2.90. The zero-order valence-corrected chi connectivity index (χ0v) is 10.4. The smallest absolute Gasteiger partial charge is 0.0361 e. The largest absolute Gasteiger partial charge is 0.378 e. The summed E-state index contributed by atoms with van der Waals surface area (Å²) in [7, 11) is 4.12. The Hall–Kier alpha value is -1.83. The third-order valence-corrected chi connectivity index (χ3v) is 2.90. The van der Waals surface area contributed by atoms with Crippen LogP contribution in [0.3, 0.4) is 0 Å². The van der Waals surface area contributed by atoms with Crippen molar-refractivity contribution in [1.82, 2.24) is 4.98 Å². The van der Waals surface area contributed by atoms with Gasteiger partial charge in [0.05, 0.1) is 0 Å². The van der Waals surface area contributed by atoms with E-state index in [4.69, 9.17) is 0 Å². The highest BCUT2D eigenvalue weighted by Crippen LogP contribution is 2.13. The maximum Gasteiger partial charge on any atom is 0.0361 e. The van der Waals surface area contributed by atoms with Crippen molar-refractivity contribution >= 4 is 5.69 Å². The summed E-state index contributed by atoms with van der Waals surface area (Å²) >= 11 is 0. The fourth-order valence-electron chi connectivity index (χ4n) is 1.80. The fraction of sp³-hybridized carbons (Fsp3) is 0.267. The summed E-state index contributed by atoms with van der Waals surface area (Å²) in [5.41, 5.74) is 3.97. The molecule has 0 fully saturated rings. The topological polar surface area (TPSA) is 16.1 Å². The zero-order chi connectivity index (χ0) is 12.1. The number of rotatable bonds is 4. The van der Waals surface area contributed by atoms with Crippen LogP contribution in [0.5, 0.6) is 0 Å². The molecule has 0 N–H and O–H groups in total. The van der Waals surface area contributed by atoms with Crippen molar-refractivity contribution in [3.8, 4) is 0 Å². The van der Waals surface area contributed by atoms with Crippen LogP contribution in [0.15, 0.2) is 48.8 Å². The standard InChI is InChI=1S/C15H18N2/c1-17(2)15-7-5-13(6-8-15)3-4-14-9-11-16-12-10-14/h5-12H,3-4H2,1-2H3. The minimum atomic E-state index is 1.07. The number of aromatic nitrogens is 1. The van der Waals surface area contributed by atoms with Gasteiger partial charge >= 0.3 is 0 Å². The highest BCUT2D eigenvalue weighted by atomic mass is 15.1. The van der Waals surface area contributed by atoms with Crippen LogP contribution in [-0.2, 0) is 12.8 Å². The van der Waals surface area contributed by atoms with Gasteiger partial charge in [0, 0.05) is 32.2 Å². The molecule has 1 aromatic heterocycles. The molecule has 1 heterocycles. The van der Waals surface area contributed by atoms with Gasteiger partial charge in [0.15, 0.2) is 0 Å². The van der Waals surface area contributed by atoms with E-state index in [1.54, 1.807) is 0 Å². The van der Waals surface area contributed by atoms with Crippen LogP contribution in [0.2, 0.25) is 0 Å². The predicted octanol–water partition coefficient (Wildman–Crippen LogP) is 2.93. The molecular formula is C15H18N2. The van der Waals surface area contributed by atoms with E-state index >= 15 is 0 Å². The number of hydrogen-bond acceptors (Lipinski definition) is 2. The van der Waals surface area contributed by atoms with E-state index in [-0.39, 0.29) is 0 Å². The Kier molecular flexibility index (Phi) is 3.76. The lowest BCUT2D eigenvalue weighted by molar-refractivity contribution is 0.954. The summed E-state index contributed by atoms with van der Waals surface area (Å²) in [6, 6.07) is 12.9. The molecule has 0 saturated carbocycles. The van der Waals surface area contributed by atoms with E-state index in [9.17, 15) is 0 Å². The first-order chi connectivity index (χ1) is 8.25. The van der Waals surface area contributed by atoms with Crippen molar-refractivity contribution < 1.29 is 0 Å². The Morgan fingerprint density at radius 1 is 0.824 bits per heavy atom. The number of anilines is 1. The summed E-state index contributed by atoms with van der Waals surface area (Å²) in [6.45, 7) is 0. The van der Waals surface area contributed by atoms with Crippen molar-refractivity contribution in [3.63, 3.8) is 0 Å². The van der Waals surface area contributed by atoms with Crippen LogP contribution in [0.1, 0.15) is 11.1 Å². The highest BCUT2D eigenvalue weighted by Gasteiger charge is 1.97. The lowest BCUT2D eigenvalue weighted by Gasteiger charge is -2.12. The van der Waals surface area contributed by atoms with E-state index in [1.807, 2.05) is 12.4 Å². The van der Waals surface area contributed by atoms with Gasteiger partial charge in [-0.05, 0) is 48.2 Å². The highest BCUT2D eigenvalue weighted by molar-refractivity contribution is 5.46. The Morgan fingerprint density at radius 2 is 1.35 bits per heavy atom. The van der Waals surface area contributed by atoms with Gasteiger partial charge in [-0.2, -0.15) is 0 Å². The molecule has 0 bridgehead atoms. The van der Waals surface area contributed by atoms with Crippen molar-refractivity contribution in [2.75, 3.05) is 19.0 Å². The molecule has 2 nitrogen and oxygen atoms in total. The van der Waals surface area contributed by atoms with Gasteiger partial charge in [0.1, 0.15) is 0 Å². The first-order valence-electron chi connectivity index (χ1n) is 5.91. The lowest BCUT2D eigenvalue weighted by atomic mass is 10.1. The monoisotopic (exact) mass is 226 g/mol. The SMILES string of the molecule is CN(C)c1ccc(CCc2ccncc2)cc1. The van der Waals surface area contributed by atoms with Crippen molar-refractivity contribution in [2.24, 2.45) is 0 Å². The predicted molar refractivity (Wildman–Crippen MR) is 72.4 cm³/mol. The maximum absolute atomic E-state index is 4.03. The second-order valence-electron chi connectivity index (χ2n) is 4.42. The van der Waals surface area contributed by atoms with Gasteiger partial charge in [0.25, 0.3) is 0 Å². The van der Waals surface area contributed by atoms with E-state index < -0.39 is 0 Å². The first-order valence-corrected chi connectivity index (χ1v) is 5.91. The van der Waals surface area contributed by atoms with Gasteiger partial charge in [-0.15, -0.1) is 0 Å². The molecule has 0 atom stereocenters. The number of aryl methyl sites for hydroxylation is 2. The Bertz CT molecular complexity index is 446. The normalized spacial score (nSPS) is 10.2. The Labute approximate surface area is 103 Å². The van der Waals surface area contributed by atoms with E-state index in [0.29, 0.717) is 0 Å². The quantitative estimate of drug-likeness (QED) is 0.797. The molecule has 0 amide bonds. The van der Waals surface area contributed by atoms with E-state index in [1.165, 1.54) is 16.8 Å². The summed E-state index contributed by atoms with van der Waals surface area (Å²) < 4.78 is 0. The molecule has 1 aromatic carbocycles. The fourth-order valence-corrected chi connectivity index (χ4v) is 1.80. The zero-order valence-electron chi connectivity index (χ0n) is 10.4. The second-order valence-corrected chi connectivity index (χ2v) is 4.42. The van der Waals surface area contributed by atoms with Crippen LogP contribution < -0.4 is 4.90 Å². The number of pyridine rings is 1. The van der Waals surface area contributed by atoms with Crippen molar-refractivity contribution in [1.29, 1.82) is 0 Å². The molecule has 17 heavy (non-hydrogen) atoms. The molecule has 88 valence electrons. The third kappa shape index (κ3) is 3.31. The Balaban J connectivity index is 1.96. The first kappa shape index (κ1) is 11.6. The molecule has 0 aliphatic rings. The van der Waals surface area contributed by atoms with Crippen molar-refractivity contribution in [3.05, 3.63) is 59.9 Å². The molecule has 0 spiro atoms. The van der Waals surface area contributed by atoms with Gasteiger partial charge in [-0.1, -0.05) is 12.1 Å². The molecule has 0 aliphatic heterocycles. The van der Waals surface area contributed by atoms with Gasteiger partial charge < -0.3 is 4.90 Å². The molecule has 0 unspecified atom stereocenters. The average molecular weight is 226 g/mol. The van der Waals surface area contributed by atoms with Crippen LogP contribution >= 0.6 is 0 Å². The minimum absolute atomic E-state index is 1.07. The van der Waals surface area contributed by atoms with E-state index in [0.717, 1.165) is 12.8 Å². The number of benzene rings is 1.